The van der Waals surface area contributed by atoms with E-state index in [1.807, 2.05) is 30.3 Å². The van der Waals surface area contributed by atoms with E-state index in [9.17, 15) is 4.79 Å². The quantitative estimate of drug-likeness (QED) is 0.369. The van der Waals surface area contributed by atoms with E-state index in [1.54, 1.807) is 0 Å². The van der Waals surface area contributed by atoms with E-state index in [2.05, 4.69) is 4.74 Å². The first-order valence-electron chi connectivity index (χ1n) is 6.23. The number of carboxylic acids is 1. The van der Waals surface area contributed by atoms with Gasteiger partial charge in [0.15, 0.2) is 0 Å². The Hall–Kier alpha value is -1.93. The normalized spacial score (nSPS) is 9.67. The van der Waals surface area contributed by atoms with Crippen molar-refractivity contribution in [1.29, 1.82) is 0 Å². The van der Waals surface area contributed by atoms with Crippen LogP contribution in [-0.2, 0) is 9.53 Å². The van der Waals surface area contributed by atoms with Gasteiger partial charge in [-0.15, -0.1) is 0 Å². The molecule has 21 heavy (non-hydrogen) atoms. The predicted octanol–water partition coefficient (Wildman–Crippen LogP) is -0.367. The summed E-state index contributed by atoms with van der Waals surface area (Å²) in [6, 6.07) is 9.15. The molecular formula is C14H24N2O5. The summed E-state index contributed by atoms with van der Waals surface area (Å²) < 4.78 is 4.68. The number of nitrogens with two attached hydrogens (primary N) is 2. The summed E-state index contributed by atoms with van der Waals surface area (Å²) >= 11 is 0. The Morgan fingerprint density at radius 3 is 1.86 bits per heavy atom. The highest BCUT2D eigenvalue weighted by molar-refractivity contribution is 5.89. The lowest BCUT2D eigenvalue weighted by Crippen LogP contribution is -2.02. The van der Waals surface area contributed by atoms with Crippen molar-refractivity contribution in [3.05, 3.63) is 41.7 Å². The van der Waals surface area contributed by atoms with Crippen molar-refractivity contribution in [2.75, 3.05) is 33.4 Å². The van der Waals surface area contributed by atoms with Crippen LogP contribution in [0.4, 0.5) is 0 Å². The van der Waals surface area contributed by atoms with Gasteiger partial charge in [0, 0.05) is 13.1 Å². The van der Waals surface area contributed by atoms with Gasteiger partial charge in [-0.3, -0.25) is 0 Å². The number of rotatable bonds is 5. The molecule has 0 saturated heterocycles. The molecule has 0 atom stereocenters. The number of aliphatic hydroxyl groups is 2. The first-order chi connectivity index (χ1) is 10.1. The van der Waals surface area contributed by atoms with E-state index < -0.39 is 5.97 Å². The molecule has 0 fully saturated rings. The van der Waals surface area contributed by atoms with E-state index in [4.69, 9.17) is 26.8 Å². The maximum atomic E-state index is 10.5. The Kier molecular flexibility index (Phi) is 16.4. The molecule has 120 valence electrons. The number of aliphatic hydroxyl groups excluding tert-OH is 2. The monoisotopic (exact) mass is 300 g/mol. The van der Waals surface area contributed by atoms with Gasteiger partial charge in [-0.1, -0.05) is 30.3 Å². The maximum absolute atomic E-state index is 10.5. The zero-order valence-corrected chi connectivity index (χ0v) is 12.1. The number of aliphatic carboxylic acids is 1. The highest BCUT2D eigenvalue weighted by Crippen LogP contribution is 2.06. The molecule has 0 heterocycles. The maximum Gasteiger partial charge on any atom is 0.371 e. The molecule has 0 aliphatic carbocycles. The van der Waals surface area contributed by atoms with Crippen molar-refractivity contribution in [3.63, 3.8) is 0 Å². The number of carboxylic acid groups (broad SMARTS) is 1. The SMILES string of the molecule is COC(=Cc1ccccc1)C(=O)O.NCCO.NCCO. The number of benzene rings is 1. The molecule has 7 N–H and O–H groups in total. The summed E-state index contributed by atoms with van der Waals surface area (Å²) in [6.45, 7) is 0.944. The van der Waals surface area contributed by atoms with Crippen molar-refractivity contribution in [2.45, 2.75) is 0 Å². The Bertz CT molecular complexity index is 374. The van der Waals surface area contributed by atoms with Crippen LogP contribution in [0.25, 0.3) is 6.08 Å². The van der Waals surface area contributed by atoms with Gasteiger partial charge in [0.2, 0.25) is 5.76 Å². The summed E-state index contributed by atoms with van der Waals surface area (Å²) in [5.74, 6) is -1.13. The number of carbonyl (C=O) groups is 1. The van der Waals surface area contributed by atoms with Gasteiger partial charge in [-0.05, 0) is 11.6 Å². The second-order valence-corrected chi connectivity index (χ2v) is 3.45. The van der Waals surface area contributed by atoms with Crippen molar-refractivity contribution < 1.29 is 24.9 Å². The summed E-state index contributed by atoms with van der Waals surface area (Å²) in [6.07, 6.45) is 1.47. The minimum Gasteiger partial charge on any atom is -0.490 e. The van der Waals surface area contributed by atoms with E-state index >= 15 is 0 Å². The zero-order chi connectivity index (χ0) is 16.5. The molecule has 1 aromatic carbocycles. The Balaban J connectivity index is 0. The number of methoxy groups -OCH3 is 1. The van der Waals surface area contributed by atoms with E-state index in [-0.39, 0.29) is 19.0 Å². The molecule has 0 amide bonds. The fraction of sp³-hybridized carbons (Fsp3) is 0.357. The number of hydrogen-bond donors (Lipinski definition) is 5. The first kappa shape index (κ1) is 21.4. The second-order valence-electron chi connectivity index (χ2n) is 3.45. The molecule has 0 aromatic heterocycles. The molecule has 0 aliphatic rings. The van der Waals surface area contributed by atoms with Crippen LogP contribution in [0.5, 0.6) is 0 Å². The van der Waals surface area contributed by atoms with Crippen LogP contribution in [-0.4, -0.2) is 54.7 Å². The molecule has 0 spiro atoms. The zero-order valence-electron chi connectivity index (χ0n) is 12.1. The smallest absolute Gasteiger partial charge is 0.371 e. The van der Waals surface area contributed by atoms with Gasteiger partial charge in [0.25, 0.3) is 0 Å². The average molecular weight is 300 g/mol. The molecule has 0 unspecified atom stereocenters. The van der Waals surface area contributed by atoms with Crippen molar-refractivity contribution >= 4 is 12.0 Å². The van der Waals surface area contributed by atoms with Crippen molar-refractivity contribution in [2.24, 2.45) is 11.5 Å². The van der Waals surface area contributed by atoms with Crippen LogP contribution in [0, 0.1) is 0 Å². The van der Waals surface area contributed by atoms with Crippen LogP contribution < -0.4 is 11.5 Å². The van der Waals surface area contributed by atoms with Crippen LogP contribution in [0.3, 0.4) is 0 Å². The van der Waals surface area contributed by atoms with Crippen LogP contribution >= 0.6 is 0 Å². The fourth-order valence-electron chi connectivity index (χ4n) is 0.909. The Labute approximate surface area is 124 Å². The highest BCUT2D eigenvalue weighted by atomic mass is 16.5. The molecule has 7 heteroatoms. The Morgan fingerprint density at radius 2 is 1.57 bits per heavy atom. The lowest BCUT2D eigenvalue weighted by molar-refractivity contribution is -0.135. The standard InChI is InChI=1S/C10H10O3.2C2H7NO/c1-13-9(10(11)12)7-8-5-3-2-4-6-8;2*3-1-2-4/h2-7H,1H3,(H,11,12);2*4H,1-3H2. The van der Waals surface area contributed by atoms with Gasteiger partial charge in [0.1, 0.15) is 0 Å². The topological polar surface area (TPSA) is 139 Å². The van der Waals surface area contributed by atoms with Gasteiger partial charge in [0.05, 0.1) is 20.3 Å². The van der Waals surface area contributed by atoms with Gasteiger partial charge in [-0.25, -0.2) is 4.79 Å². The number of hydrogen-bond acceptors (Lipinski definition) is 6. The van der Waals surface area contributed by atoms with Gasteiger partial charge in [-0.2, -0.15) is 0 Å². The third-order valence-electron chi connectivity index (χ3n) is 1.79. The molecule has 0 bridgehead atoms. The summed E-state index contributed by atoms with van der Waals surface area (Å²) in [5, 5.41) is 24.1. The largest absolute Gasteiger partial charge is 0.490 e. The molecule has 0 radical (unpaired) electrons. The van der Waals surface area contributed by atoms with Gasteiger partial charge < -0.3 is 31.5 Å². The highest BCUT2D eigenvalue weighted by Gasteiger charge is 2.05. The predicted molar refractivity (Wildman–Crippen MR) is 81.3 cm³/mol. The Morgan fingerprint density at radius 1 is 1.14 bits per heavy atom. The lowest BCUT2D eigenvalue weighted by atomic mass is 10.2. The fourth-order valence-corrected chi connectivity index (χ4v) is 0.909. The van der Waals surface area contributed by atoms with Crippen LogP contribution in [0.2, 0.25) is 0 Å². The molecular weight excluding hydrogens is 276 g/mol. The minimum atomic E-state index is -1.06. The van der Waals surface area contributed by atoms with Gasteiger partial charge >= 0.3 is 5.97 Å². The molecule has 0 saturated carbocycles. The molecule has 7 nitrogen and oxygen atoms in total. The lowest BCUT2D eigenvalue weighted by Gasteiger charge is -1.99. The minimum absolute atomic E-state index is 0.0637. The summed E-state index contributed by atoms with van der Waals surface area (Å²) in [5.41, 5.74) is 10.4. The summed E-state index contributed by atoms with van der Waals surface area (Å²) in [7, 11) is 1.34. The van der Waals surface area contributed by atoms with Crippen LogP contribution in [0.1, 0.15) is 5.56 Å². The summed E-state index contributed by atoms with van der Waals surface area (Å²) in [4.78, 5) is 10.5. The average Bonchev–Trinajstić information content (AvgIpc) is 2.53. The van der Waals surface area contributed by atoms with Crippen LogP contribution in [0.15, 0.2) is 36.1 Å². The van der Waals surface area contributed by atoms with E-state index in [0.29, 0.717) is 13.1 Å². The number of ether oxygens (including phenoxy) is 1. The molecule has 1 rings (SSSR count). The van der Waals surface area contributed by atoms with Crippen molar-refractivity contribution in [1.82, 2.24) is 0 Å². The molecule has 1 aromatic rings. The molecule has 0 aliphatic heterocycles. The third-order valence-corrected chi connectivity index (χ3v) is 1.79. The first-order valence-corrected chi connectivity index (χ1v) is 6.23. The van der Waals surface area contributed by atoms with Crippen molar-refractivity contribution in [3.8, 4) is 0 Å². The van der Waals surface area contributed by atoms with E-state index in [0.717, 1.165) is 5.56 Å². The second kappa shape index (κ2) is 16.1. The van der Waals surface area contributed by atoms with E-state index in [1.165, 1.54) is 13.2 Å². The third kappa shape index (κ3) is 14.3.